The van der Waals surface area contributed by atoms with Crippen LogP contribution in [-0.2, 0) is 4.79 Å². The van der Waals surface area contributed by atoms with E-state index >= 15 is 0 Å². The van der Waals surface area contributed by atoms with Crippen LogP contribution in [0.5, 0.6) is 0 Å². The third-order valence-corrected chi connectivity index (χ3v) is 5.42. The number of likely N-dealkylation sites (tertiary alicyclic amines) is 3. The first-order valence-electron chi connectivity index (χ1n) is 8.75. The van der Waals surface area contributed by atoms with Gasteiger partial charge in [0, 0.05) is 51.2 Å². The maximum atomic E-state index is 12.7. The lowest BCUT2D eigenvalue weighted by molar-refractivity contribution is -0.137. The fourth-order valence-corrected chi connectivity index (χ4v) is 4.03. The lowest BCUT2D eigenvalue weighted by atomic mass is 9.95. The quantitative estimate of drug-likeness (QED) is 0.823. The molecule has 1 unspecified atom stereocenters. The van der Waals surface area contributed by atoms with Crippen LogP contribution in [0.3, 0.4) is 0 Å². The van der Waals surface area contributed by atoms with Crippen LogP contribution in [-0.4, -0.2) is 71.9 Å². The molecule has 3 aliphatic heterocycles. The van der Waals surface area contributed by atoms with Gasteiger partial charge in [0.25, 0.3) is 0 Å². The van der Waals surface area contributed by atoms with Crippen molar-refractivity contribution in [3.05, 3.63) is 0 Å². The molecule has 0 radical (unpaired) electrons. The lowest BCUT2D eigenvalue weighted by Crippen LogP contribution is -2.49. The minimum atomic E-state index is 0.0785. The van der Waals surface area contributed by atoms with Crippen molar-refractivity contribution >= 4 is 11.9 Å². The predicted molar refractivity (Wildman–Crippen MR) is 84.3 cm³/mol. The van der Waals surface area contributed by atoms with Gasteiger partial charge in [-0.1, -0.05) is 0 Å². The SMILES string of the molecule is NCC1CCCN1C(=O)C1CCN(C(=O)N2CCCC2)CC1. The first kappa shape index (κ1) is 15.6. The van der Waals surface area contributed by atoms with Crippen LogP contribution in [0.25, 0.3) is 0 Å². The molecule has 124 valence electrons. The molecule has 1 atom stereocenters. The van der Waals surface area contributed by atoms with Crippen LogP contribution in [0, 0.1) is 5.92 Å². The Morgan fingerprint density at radius 3 is 2.14 bits per heavy atom. The third kappa shape index (κ3) is 3.07. The van der Waals surface area contributed by atoms with Gasteiger partial charge in [-0.25, -0.2) is 4.79 Å². The normalized spacial score (nSPS) is 26.8. The van der Waals surface area contributed by atoms with Crippen LogP contribution in [0.2, 0.25) is 0 Å². The molecule has 3 saturated heterocycles. The van der Waals surface area contributed by atoms with Crippen molar-refractivity contribution in [1.29, 1.82) is 0 Å². The fourth-order valence-electron chi connectivity index (χ4n) is 4.03. The molecule has 6 nitrogen and oxygen atoms in total. The Hall–Kier alpha value is -1.30. The van der Waals surface area contributed by atoms with E-state index in [0.29, 0.717) is 19.6 Å². The van der Waals surface area contributed by atoms with Crippen molar-refractivity contribution < 1.29 is 9.59 Å². The standard InChI is InChI=1S/C16H28N4O2/c17-12-14-4-3-9-20(14)15(21)13-5-10-19(11-6-13)16(22)18-7-1-2-8-18/h13-14H,1-12,17H2. The molecule has 3 rings (SSSR count). The fraction of sp³-hybridized carbons (Fsp3) is 0.875. The van der Waals surface area contributed by atoms with Gasteiger partial charge in [0.1, 0.15) is 0 Å². The predicted octanol–water partition coefficient (Wildman–Crippen LogP) is 0.864. The maximum Gasteiger partial charge on any atom is 0.319 e. The zero-order valence-electron chi connectivity index (χ0n) is 13.4. The molecule has 0 aromatic rings. The number of urea groups is 1. The molecule has 2 N–H and O–H groups in total. The van der Waals surface area contributed by atoms with Gasteiger partial charge in [-0.2, -0.15) is 0 Å². The molecule has 6 heteroatoms. The molecular formula is C16H28N4O2. The van der Waals surface area contributed by atoms with Crippen molar-refractivity contribution in [1.82, 2.24) is 14.7 Å². The highest BCUT2D eigenvalue weighted by Crippen LogP contribution is 2.25. The van der Waals surface area contributed by atoms with Gasteiger partial charge >= 0.3 is 6.03 Å². The molecule has 0 saturated carbocycles. The number of carbonyl (C=O) groups excluding carboxylic acids is 2. The molecule has 3 fully saturated rings. The molecule has 0 aliphatic carbocycles. The summed E-state index contributed by atoms with van der Waals surface area (Å²) < 4.78 is 0. The molecule has 0 aromatic heterocycles. The largest absolute Gasteiger partial charge is 0.338 e. The summed E-state index contributed by atoms with van der Waals surface area (Å²) >= 11 is 0. The lowest BCUT2D eigenvalue weighted by Gasteiger charge is -2.36. The Bertz CT molecular complexity index is 414. The molecule has 3 heterocycles. The summed E-state index contributed by atoms with van der Waals surface area (Å²) in [5, 5.41) is 0. The Kier molecular flexibility index (Phi) is 4.86. The number of rotatable bonds is 2. The number of hydrogen-bond donors (Lipinski definition) is 1. The average molecular weight is 308 g/mol. The second-order valence-corrected chi connectivity index (χ2v) is 6.80. The van der Waals surface area contributed by atoms with Crippen molar-refractivity contribution in [2.45, 2.75) is 44.6 Å². The first-order valence-corrected chi connectivity index (χ1v) is 8.75. The molecular weight excluding hydrogens is 280 g/mol. The number of amides is 3. The van der Waals surface area contributed by atoms with Crippen molar-refractivity contribution in [3.8, 4) is 0 Å². The Morgan fingerprint density at radius 1 is 0.864 bits per heavy atom. The second-order valence-electron chi connectivity index (χ2n) is 6.80. The van der Waals surface area contributed by atoms with Gasteiger partial charge in [-0.05, 0) is 38.5 Å². The van der Waals surface area contributed by atoms with E-state index in [-0.39, 0.29) is 23.9 Å². The number of nitrogens with zero attached hydrogens (tertiary/aromatic N) is 3. The Balaban J connectivity index is 1.50. The summed E-state index contributed by atoms with van der Waals surface area (Å²) in [6.45, 7) is 4.64. The minimum absolute atomic E-state index is 0.0785. The number of hydrogen-bond acceptors (Lipinski definition) is 3. The third-order valence-electron chi connectivity index (χ3n) is 5.42. The summed E-state index contributed by atoms with van der Waals surface area (Å²) in [5.41, 5.74) is 5.77. The van der Waals surface area contributed by atoms with E-state index in [0.717, 1.165) is 58.2 Å². The molecule has 22 heavy (non-hydrogen) atoms. The second kappa shape index (κ2) is 6.86. The number of carbonyl (C=O) groups is 2. The van der Waals surface area contributed by atoms with E-state index in [1.807, 2.05) is 14.7 Å². The topological polar surface area (TPSA) is 69.9 Å². The summed E-state index contributed by atoms with van der Waals surface area (Å²) in [4.78, 5) is 30.9. The monoisotopic (exact) mass is 308 g/mol. The minimum Gasteiger partial charge on any atom is -0.338 e. The molecule has 0 bridgehead atoms. The summed E-state index contributed by atoms with van der Waals surface area (Å²) in [6, 6.07) is 0.404. The molecule has 0 spiro atoms. The Morgan fingerprint density at radius 2 is 1.50 bits per heavy atom. The summed E-state index contributed by atoms with van der Waals surface area (Å²) in [6.07, 6.45) is 5.94. The van der Waals surface area contributed by atoms with E-state index in [4.69, 9.17) is 5.73 Å². The van der Waals surface area contributed by atoms with Crippen LogP contribution in [0.4, 0.5) is 4.79 Å². The van der Waals surface area contributed by atoms with Gasteiger partial charge in [0.15, 0.2) is 0 Å². The van der Waals surface area contributed by atoms with Crippen LogP contribution >= 0.6 is 0 Å². The van der Waals surface area contributed by atoms with E-state index in [1.165, 1.54) is 0 Å². The first-order chi connectivity index (χ1) is 10.7. The van der Waals surface area contributed by atoms with Crippen molar-refractivity contribution in [2.24, 2.45) is 11.7 Å². The molecule has 3 amide bonds. The zero-order valence-corrected chi connectivity index (χ0v) is 13.4. The zero-order chi connectivity index (χ0) is 15.5. The van der Waals surface area contributed by atoms with Gasteiger partial charge in [0.05, 0.1) is 0 Å². The van der Waals surface area contributed by atoms with Crippen LogP contribution < -0.4 is 5.73 Å². The van der Waals surface area contributed by atoms with E-state index in [2.05, 4.69) is 0 Å². The van der Waals surface area contributed by atoms with Crippen LogP contribution in [0.15, 0.2) is 0 Å². The summed E-state index contributed by atoms with van der Waals surface area (Å²) in [5.74, 6) is 0.344. The smallest absolute Gasteiger partial charge is 0.319 e. The van der Waals surface area contributed by atoms with Crippen LogP contribution in [0.1, 0.15) is 38.5 Å². The highest BCUT2D eigenvalue weighted by molar-refractivity contribution is 5.80. The van der Waals surface area contributed by atoms with Crippen molar-refractivity contribution in [3.63, 3.8) is 0 Å². The van der Waals surface area contributed by atoms with E-state index in [1.54, 1.807) is 0 Å². The number of nitrogens with two attached hydrogens (primary N) is 1. The highest BCUT2D eigenvalue weighted by atomic mass is 16.2. The summed E-state index contributed by atoms with van der Waals surface area (Å²) in [7, 11) is 0. The molecule has 3 aliphatic rings. The molecule has 0 aromatic carbocycles. The van der Waals surface area contributed by atoms with Crippen molar-refractivity contribution in [2.75, 3.05) is 39.3 Å². The van der Waals surface area contributed by atoms with Gasteiger partial charge in [0.2, 0.25) is 5.91 Å². The van der Waals surface area contributed by atoms with E-state index < -0.39 is 0 Å². The van der Waals surface area contributed by atoms with Gasteiger partial charge < -0.3 is 20.4 Å². The van der Waals surface area contributed by atoms with Gasteiger partial charge in [-0.15, -0.1) is 0 Å². The average Bonchev–Trinajstić information content (AvgIpc) is 3.24. The maximum absolute atomic E-state index is 12.7. The van der Waals surface area contributed by atoms with E-state index in [9.17, 15) is 9.59 Å². The highest BCUT2D eigenvalue weighted by Gasteiger charge is 2.35. The Labute approximate surface area is 132 Å². The number of piperidine rings is 1. The van der Waals surface area contributed by atoms with Gasteiger partial charge in [-0.3, -0.25) is 4.79 Å².